The van der Waals surface area contributed by atoms with E-state index in [2.05, 4.69) is 44.2 Å². The minimum Gasteiger partial charge on any atom is -0.383 e. The summed E-state index contributed by atoms with van der Waals surface area (Å²) in [6, 6.07) is 20.5. The molecule has 2 aromatic carbocycles. The number of aromatic nitrogens is 7. The number of hydrogen-bond donors (Lipinski definition) is 2. The van der Waals surface area contributed by atoms with Crippen molar-refractivity contribution in [2.45, 2.75) is 25.8 Å². The van der Waals surface area contributed by atoms with Gasteiger partial charge in [0, 0.05) is 30.9 Å². The standard InChI is InChI=1S/C27H24N8/c28-26-24-25(34-35(27(24)31-17-30-26)13-5-9-19-8-4-12-29-16-19)20-10-11-21-22(15-20)33-23(32-21)14-18-6-2-1-3-7-18/h1-4,6-8,10-12,15-17H,5,9,13-14H2,(H,32,33)(H2,28,30,31). The van der Waals surface area contributed by atoms with Gasteiger partial charge in [0.15, 0.2) is 5.65 Å². The number of pyridine rings is 1. The molecule has 4 aromatic heterocycles. The van der Waals surface area contributed by atoms with E-state index in [1.807, 2.05) is 47.3 Å². The number of nitrogens with two attached hydrogens (primary N) is 1. The molecule has 8 heteroatoms. The molecule has 0 saturated heterocycles. The second-order valence-corrected chi connectivity index (χ2v) is 8.57. The van der Waals surface area contributed by atoms with Crippen molar-refractivity contribution in [2.24, 2.45) is 0 Å². The van der Waals surface area contributed by atoms with Crippen molar-refractivity contribution in [1.29, 1.82) is 0 Å². The topological polar surface area (TPSA) is 111 Å². The Morgan fingerprint density at radius 3 is 2.69 bits per heavy atom. The minimum absolute atomic E-state index is 0.429. The van der Waals surface area contributed by atoms with Gasteiger partial charge < -0.3 is 10.7 Å². The Bertz CT molecular complexity index is 1600. The molecule has 172 valence electrons. The Balaban J connectivity index is 1.32. The van der Waals surface area contributed by atoms with Gasteiger partial charge in [-0.15, -0.1) is 0 Å². The van der Waals surface area contributed by atoms with Crippen LogP contribution >= 0.6 is 0 Å². The summed E-state index contributed by atoms with van der Waals surface area (Å²) in [4.78, 5) is 21.2. The third-order valence-electron chi connectivity index (χ3n) is 6.14. The van der Waals surface area contributed by atoms with Crippen LogP contribution in [-0.4, -0.2) is 34.7 Å². The summed E-state index contributed by atoms with van der Waals surface area (Å²) >= 11 is 0. The molecule has 4 heterocycles. The van der Waals surface area contributed by atoms with Crippen molar-refractivity contribution < 1.29 is 0 Å². The van der Waals surface area contributed by atoms with Gasteiger partial charge in [-0.1, -0.05) is 42.5 Å². The molecule has 0 fully saturated rings. The van der Waals surface area contributed by atoms with Gasteiger partial charge in [-0.2, -0.15) is 5.10 Å². The van der Waals surface area contributed by atoms with E-state index in [9.17, 15) is 0 Å². The molecule has 0 unspecified atom stereocenters. The van der Waals surface area contributed by atoms with Gasteiger partial charge >= 0.3 is 0 Å². The van der Waals surface area contributed by atoms with Crippen molar-refractivity contribution in [3.05, 3.63) is 96.3 Å². The molecule has 0 amide bonds. The lowest BCUT2D eigenvalue weighted by molar-refractivity contribution is 0.592. The van der Waals surface area contributed by atoms with Crippen molar-refractivity contribution in [1.82, 2.24) is 34.7 Å². The zero-order valence-electron chi connectivity index (χ0n) is 19.1. The summed E-state index contributed by atoms with van der Waals surface area (Å²) < 4.78 is 1.93. The van der Waals surface area contributed by atoms with Crippen molar-refractivity contribution in [2.75, 3.05) is 5.73 Å². The van der Waals surface area contributed by atoms with E-state index >= 15 is 0 Å². The van der Waals surface area contributed by atoms with Gasteiger partial charge in [0.05, 0.1) is 16.4 Å². The van der Waals surface area contributed by atoms with Gasteiger partial charge in [0.2, 0.25) is 0 Å². The maximum absolute atomic E-state index is 6.30. The fourth-order valence-corrected chi connectivity index (χ4v) is 4.45. The number of imidazole rings is 1. The van der Waals surface area contributed by atoms with Gasteiger partial charge in [-0.3, -0.25) is 4.98 Å². The van der Waals surface area contributed by atoms with Crippen LogP contribution in [0.25, 0.3) is 33.3 Å². The number of nitrogen functional groups attached to an aromatic ring is 1. The number of anilines is 1. The van der Waals surface area contributed by atoms with Crippen molar-refractivity contribution in [3.63, 3.8) is 0 Å². The van der Waals surface area contributed by atoms with Crippen LogP contribution in [0.2, 0.25) is 0 Å². The second-order valence-electron chi connectivity index (χ2n) is 8.57. The van der Waals surface area contributed by atoms with Crippen LogP contribution in [0.3, 0.4) is 0 Å². The summed E-state index contributed by atoms with van der Waals surface area (Å²) in [7, 11) is 0. The largest absolute Gasteiger partial charge is 0.383 e. The number of benzene rings is 2. The first-order valence-corrected chi connectivity index (χ1v) is 11.6. The van der Waals surface area contributed by atoms with E-state index in [0.29, 0.717) is 5.82 Å². The number of rotatable bonds is 7. The number of aryl methyl sites for hydroxylation is 2. The lowest BCUT2D eigenvalue weighted by atomic mass is 10.1. The van der Waals surface area contributed by atoms with Gasteiger partial charge in [0.25, 0.3) is 0 Å². The molecule has 0 atom stereocenters. The molecule has 0 aliphatic rings. The molecule has 0 radical (unpaired) electrons. The highest BCUT2D eigenvalue weighted by Crippen LogP contribution is 2.32. The average Bonchev–Trinajstić information content (AvgIpc) is 3.46. The molecule has 0 bridgehead atoms. The molecular formula is C27H24N8. The highest BCUT2D eigenvalue weighted by atomic mass is 15.3. The van der Waals surface area contributed by atoms with Crippen LogP contribution in [0, 0.1) is 0 Å². The molecule has 6 rings (SSSR count). The molecule has 0 aliphatic heterocycles. The second kappa shape index (κ2) is 8.98. The molecule has 35 heavy (non-hydrogen) atoms. The van der Waals surface area contributed by atoms with E-state index in [4.69, 9.17) is 15.8 Å². The fraction of sp³-hybridized carbons (Fsp3) is 0.148. The Labute approximate surface area is 201 Å². The van der Waals surface area contributed by atoms with Crippen LogP contribution in [0.4, 0.5) is 5.82 Å². The fourth-order valence-electron chi connectivity index (χ4n) is 4.45. The number of nitrogens with one attached hydrogen (secondary N) is 1. The maximum atomic E-state index is 6.30. The Kier molecular flexibility index (Phi) is 5.38. The van der Waals surface area contributed by atoms with Crippen LogP contribution in [-0.2, 0) is 19.4 Å². The molecule has 0 aliphatic carbocycles. The normalized spacial score (nSPS) is 11.4. The van der Waals surface area contributed by atoms with Crippen LogP contribution in [0.15, 0.2) is 79.4 Å². The van der Waals surface area contributed by atoms with E-state index in [0.717, 1.165) is 65.0 Å². The first kappa shape index (κ1) is 21.0. The predicted molar refractivity (Wildman–Crippen MR) is 137 cm³/mol. The van der Waals surface area contributed by atoms with Gasteiger partial charge in [-0.25, -0.2) is 19.6 Å². The van der Waals surface area contributed by atoms with Gasteiger partial charge in [-0.05, 0) is 42.2 Å². The smallest absolute Gasteiger partial charge is 0.163 e. The van der Waals surface area contributed by atoms with E-state index in [1.165, 1.54) is 17.5 Å². The summed E-state index contributed by atoms with van der Waals surface area (Å²) in [5, 5.41) is 5.69. The third kappa shape index (κ3) is 4.21. The summed E-state index contributed by atoms with van der Waals surface area (Å²) in [6.07, 6.45) is 7.76. The number of aromatic amines is 1. The Hall–Kier alpha value is -4.59. The predicted octanol–water partition coefficient (Wildman–Crippen LogP) is 4.57. The molecule has 3 N–H and O–H groups in total. The Morgan fingerprint density at radius 2 is 1.83 bits per heavy atom. The summed E-state index contributed by atoms with van der Waals surface area (Å²) in [5.41, 5.74) is 13.1. The number of hydrogen-bond acceptors (Lipinski definition) is 6. The lowest BCUT2D eigenvalue weighted by Gasteiger charge is -2.03. The monoisotopic (exact) mass is 460 g/mol. The number of fused-ring (bicyclic) bond motifs is 2. The van der Waals surface area contributed by atoms with Crippen LogP contribution in [0.5, 0.6) is 0 Å². The maximum Gasteiger partial charge on any atom is 0.163 e. The van der Waals surface area contributed by atoms with Crippen molar-refractivity contribution >= 4 is 27.9 Å². The minimum atomic E-state index is 0.429. The molecule has 0 spiro atoms. The Morgan fingerprint density at radius 1 is 0.943 bits per heavy atom. The molecule has 0 saturated carbocycles. The van der Waals surface area contributed by atoms with E-state index in [-0.39, 0.29) is 0 Å². The first-order valence-electron chi connectivity index (χ1n) is 11.6. The molecular weight excluding hydrogens is 436 g/mol. The van der Waals surface area contributed by atoms with Crippen LogP contribution < -0.4 is 5.73 Å². The van der Waals surface area contributed by atoms with Gasteiger partial charge in [0.1, 0.15) is 23.7 Å². The van der Waals surface area contributed by atoms with Crippen molar-refractivity contribution in [3.8, 4) is 11.3 Å². The quantitative estimate of drug-likeness (QED) is 0.361. The summed E-state index contributed by atoms with van der Waals surface area (Å²) in [6.45, 7) is 0.718. The average molecular weight is 461 g/mol. The van der Waals surface area contributed by atoms with E-state index < -0.39 is 0 Å². The van der Waals surface area contributed by atoms with E-state index in [1.54, 1.807) is 6.20 Å². The summed E-state index contributed by atoms with van der Waals surface area (Å²) in [5.74, 6) is 1.36. The zero-order valence-corrected chi connectivity index (χ0v) is 19.1. The van der Waals surface area contributed by atoms with Crippen LogP contribution in [0.1, 0.15) is 23.4 Å². The zero-order chi connectivity index (χ0) is 23.6. The lowest BCUT2D eigenvalue weighted by Crippen LogP contribution is -2.03. The highest BCUT2D eigenvalue weighted by molar-refractivity contribution is 5.99. The highest BCUT2D eigenvalue weighted by Gasteiger charge is 2.18. The SMILES string of the molecule is Nc1ncnc2c1c(-c1ccc3nc(Cc4ccccc4)[nH]c3c1)nn2CCCc1cccnc1. The molecule has 8 nitrogen and oxygen atoms in total. The first-order chi connectivity index (χ1) is 17.2. The molecule has 6 aromatic rings. The number of nitrogens with zero attached hydrogens (tertiary/aromatic N) is 6. The third-order valence-corrected chi connectivity index (χ3v) is 6.14. The number of H-pyrrole nitrogens is 1.